The molecule has 0 spiro atoms. The average Bonchev–Trinajstić information content (AvgIpc) is 3.19. The number of hydrogen-bond acceptors (Lipinski definition) is 4. The van der Waals surface area contributed by atoms with Crippen molar-refractivity contribution in [1.29, 1.82) is 0 Å². The minimum atomic E-state index is -0.160. The van der Waals surface area contributed by atoms with Crippen molar-refractivity contribution in [1.82, 2.24) is 4.90 Å². The molecule has 1 unspecified atom stereocenters. The SMILES string of the molecule is C=CN=C([N-]c1cccc(N(C)C(=O)C2C=CC=C(N3CCCCC3)CC2)c1)c1cccc(C(=C)N)c1C.[K+]. The topological polar surface area (TPSA) is 76.0 Å². The van der Waals surface area contributed by atoms with E-state index >= 15 is 0 Å². The van der Waals surface area contributed by atoms with Gasteiger partial charge in [0.2, 0.25) is 5.91 Å². The molecule has 4 rings (SSSR count). The number of nitrogens with zero attached hydrogens (tertiary/aromatic N) is 4. The Balaban J connectivity index is 0.00000420. The zero-order valence-corrected chi connectivity index (χ0v) is 26.7. The number of rotatable bonds is 7. The molecule has 1 aliphatic heterocycles. The van der Waals surface area contributed by atoms with E-state index in [0.29, 0.717) is 17.2 Å². The van der Waals surface area contributed by atoms with E-state index in [1.807, 2.05) is 62.5 Å². The van der Waals surface area contributed by atoms with E-state index in [1.54, 1.807) is 4.90 Å². The number of benzene rings is 2. The first-order valence-electron chi connectivity index (χ1n) is 13.3. The van der Waals surface area contributed by atoms with E-state index in [4.69, 9.17) is 11.1 Å². The van der Waals surface area contributed by atoms with Gasteiger partial charge >= 0.3 is 51.4 Å². The van der Waals surface area contributed by atoms with Crippen molar-refractivity contribution in [2.75, 3.05) is 25.0 Å². The first-order valence-corrected chi connectivity index (χ1v) is 13.3. The molecule has 1 amide bonds. The van der Waals surface area contributed by atoms with Gasteiger partial charge in [0.1, 0.15) is 0 Å². The van der Waals surface area contributed by atoms with Crippen LogP contribution in [0.15, 0.2) is 90.7 Å². The fraction of sp³-hybridized carbons (Fsp3) is 0.312. The summed E-state index contributed by atoms with van der Waals surface area (Å²) in [6.07, 6.45) is 13.3. The van der Waals surface area contributed by atoms with Crippen LogP contribution in [0.2, 0.25) is 0 Å². The van der Waals surface area contributed by atoms with Crippen LogP contribution in [-0.4, -0.2) is 36.8 Å². The van der Waals surface area contributed by atoms with Crippen LogP contribution < -0.4 is 62.0 Å². The van der Waals surface area contributed by atoms with Crippen LogP contribution in [0.3, 0.4) is 0 Å². The van der Waals surface area contributed by atoms with Crippen LogP contribution in [0.1, 0.15) is 48.8 Å². The first-order chi connectivity index (χ1) is 18.4. The Morgan fingerprint density at radius 3 is 2.59 bits per heavy atom. The average molecular weight is 548 g/mol. The summed E-state index contributed by atoms with van der Waals surface area (Å²) in [5.41, 5.74) is 12.0. The van der Waals surface area contributed by atoms with Crippen LogP contribution in [0, 0.1) is 12.8 Å². The van der Waals surface area contributed by atoms with Gasteiger partial charge in [-0.05, 0) is 74.1 Å². The van der Waals surface area contributed by atoms with Gasteiger partial charge in [-0.1, -0.05) is 61.1 Å². The minimum Gasteiger partial charge on any atom is -0.443 e. The van der Waals surface area contributed by atoms with Crippen LogP contribution >= 0.6 is 0 Å². The van der Waals surface area contributed by atoms with Gasteiger partial charge < -0.3 is 25.8 Å². The summed E-state index contributed by atoms with van der Waals surface area (Å²) in [5, 5.41) is 4.81. The second-order valence-corrected chi connectivity index (χ2v) is 9.90. The number of hydrogen-bond donors (Lipinski definition) is 1. The molecular weight excluding hydrogens is 509 g/mol. The van der Waals surface area contributed by atoms with E-state index in [-0.39, 0.29) is 63.2 Å². The molecule has 0 radical (unpaired) electrons. The van der Waals surface area contributed by atoms with Crippen molar-refractivity contribution in [3.63, 3.8) is 0 Å². The minimum absolute atomic E-state index is 0. The second-order valence-electron chi connectivity index (χ2n) is 9.90. The summed E-state index contributed by atoms with van der Waals surface area (Å²) in [6, 6.07) is 13.5. The van der Waals surface area contributed by atoms with Crippen molar-refractivity contribution in [3.05, 3.63) is 108 Å². The molecule has 2 N–H and O–H groups in total. The van der Waals surface area contributed by atoms with Crippen LogP contribution in [0.4, 0.5) is 11.4 Å². The van der Waals surface area contributed by atoms with Gasteiger partial charge in [0.15, 0.2) is 0 Å². The molecule has 0 saturated carbocycles. The maximum absolute atomic E-state index is 13.5. The van der Waals surface area contributed by atoms with Crippen molar-refractivity contribution in [2.24, 2.45) is 16.6 Å². The molecule has 2 aromatic carbocycles. The Morgan fingerprint density at radius 2 is 1.87 bits per heavy atom. The standard InChI is InChI=1S/C32H38N5O.K/c1-5-34-31(30-17-11-16-29(23(30)2)24(3)33)35-26-13-10-15-28(22-26)36(4)32(38)25-12-9-14-27(19-18-25)37-20-7-6-8-21-37;/h5,9-17,22,25H,1,3,6-8,18-21,33H2,2,4H3;/q-1;+1. The number of amidine groups is 1. The van der Waals surface area contributed by atoms with Crippen LogP contribution in [-0.2, 0) is 4.79 Å². The van der Waals surface area contributed by atoms with Gasteiger partial charge in [0.25, 0.3) is 0 Å². The van der Waals surface area contributed by atoms with Crippen LogP contribution in [0.25, 0.3) is 11.0 Å². The van der Waals surface area contributed by atoms with Crippen molar-refractivity contribution >= 4 is 28.8 Å². The van der Waals surface area contributed by atoms with Gasteiger partial charge in [-0.25, -0.2) is 0 Å². The van der Waals surface area contributed by atoms with Gasteiger partial charge in [-0.2, -0.15) is 0 Å². The van der Waals surface area contributed by atoms with E-state index in [0.717, 1.165) is 48.3 Å². The summed E-state index contributed by atoms with van der Waals surface area (Å²) < 4.78 is 0. The number of nitrogens with two attached hydrogens (primary N) is 1. The number of likely N-dealkylation sites (tertiary alicyclic amines) is 1. The third kappa shape index (κ3) is 7.83. The molecule has 198 valence electrons. The van der Waals surface area contributed by atoms with Crippen molar-refractivity contribution in [3.8, 4) is 0 Å². The number of allylic oxidation sites excluding steroid dienone is 3. The Kier molecular flexibility index (Phi) is 11.8. The van der Waals surface area contributed by atoms with Gasteiger partial charge in [0.05, 0.1) is 5.92 Å². The Hall–Kier alpha value is -2.42. The first kappa shape index (κ1) is 31.1. The molecule has 6 nitrogen and oxygen atoms in total. The number of carbonyl (C=O) groups is 1. The fourth-order valence-electron chi connectivity index (χ4n) is 5.17. The number of carbonyl (C=O) groups excluding carboxylic acids is 1. The number of anilines is 1. The predicted octanol–water partition coefficient (Wildman–Crippen LogP) is 3.82. The Morgan fingerprint density at radius 1 is 1.15 bits per heavy atom. The number of amides is 1. The van der Waals surface area contributed by atoms with E-state index in [1.165, 1.54) is 31.2 Å². The summed E-state index contributed by atoms with van der Waals surface area (Å²) in [4.78, 5) is 22.1. The molecule has 1 fully saturated rings. The van der Waals surface area contributed by atoms with E-state index < -0.39 is 0 Å². The van der Waals surface area contributed by atoms with Gasteiger partial charge in [0, 0.05) is 42.8 Å². The summed E-state index contributed by atoms with van der Waals surface area (Å²) in [6.45, 7) is 11.9. The Bertz CT molecular complexity index is 1290. The quantitative estimate of drug-likeness (QED) is 0.325. The maximum atomic E-state index is 13.5. The molecule has 1 atom stereocenters. The van der Waals surface area contributed by atoms with Crippen molar-refractivity contribution in [2.45, 2.75) is 39.0 Å². The normalized spacial score (nSPS) is 17.4. The summed E-state index contributed by atoms with van der Waals surface area (Å²) in [7, 11) is 1.83. The number of piperidine rings is 1. The fourth-order valence-corrected chi connectivity index (χ4v) is 5.17. The largest absolute Gasteiger partial charge is 1.00 e. The Labute approximate surface area is 275 Å². The molecule has 7 heteroatoms. The van der Waals surface area contributed by atoms with Gasteiger partial charge in [-0.15, -0.1) is 6.58 Å². The summed E-state index contributed by atoms with van der Waals surface area (Å²) in [5.74, 6) is 0.443. The van der Waals surface area contributed by atoms with Crippen molar-refractivity contribution < 1.29 is 56.2 Å². The molecule has 1 aliphatic carbocycles. The summed E-state index contributed by atoms with van der Waals surface area (Å²) >= 11 is 0. The van der Waals surface area contributed by atoms with E-state index in [2.05, 4.69) is 35.2 Å². The smallest absolute Gasteiger partial charge is 0.443 e. The zero-order chi connectivity index (χ0) is 27.1. The molecule has 39 heavy (non-hydrogen) atoms. The second kappa shape index (κ2) is 14.8. The number of aliphatic imine (C=N–C) groups is 1. The third-order valence-corrected chi connectivity index (χ3v) is 7.34. The molecule has 2 aliphatic rings. The van der Waals surface area contributed by atoms with Gasteiger partial charge in [-0.3, -0.25) is 4.79 Å². The molecule has 2 aromatic rings. The molecule has 1 heterocycles. The molecule has 1 saturated heterocycles. The predicted molar refractivity (Wildman–Crippen MR) is 159 cm³/mol. The molecule has 0 aromatic heterocycles. The zero-order valence-electron chi connectivity index (χ0n) is 23.6. The molecular formula is C32H38KN5O. The van der Waals surface area contributed by atoms with Crippen LogP contribution in [0.5, 0.6) is 0 Å². The van der Waals surface area contributed by atoms with E-state index in [9.17, 15) is 4.79 Å². The monoisotopic (exact) mass is 547 g/mol. The maximum Gasteiger partial charge on any atom is 1.00 e. The third-order valence-electron chi connectivity index (χ3n) is 7.34. The molecule has 0 bridgehead atoms.